The average Bonchev–Trinajstić information content (AvgIpc) is 3.28. The lowest BCUT2D eigenvalue weighted by molar-refractivity contribution is 0.0983. The van der Waals surface area contributed by atoms with E-state index in [4.69, 9.17) is 21.0 Å². The number of aromatic nitrogens is 1. The predicted octanol–water partition coefficient (Wildman–Crippen LogP) is 6.01. The Bertz CT molecular complexity index is 1120. The minimum Gasteiger partial charge on any atom is -0.467 e. The van der Waals surface area contributed by atoms with E-state index < -0.39 is 0 Å². The Kier molecular flexibility index (Phi) is 4.72. The highest BCUT2D eigenvalue weighted by atomic mass is 35.5. The molecule has 4 aromatic rings. The number of aryl methyl sites for hydroxylation is 2. The van der Waals surface area contributed by atoms with Crippen LogP contribution in [0.3, 0.4) is 0 Å². The maximum absolute atomic E-state index is 13.2. The molecule has 1 amide bonds. The summed E-state index contributed by atoms with van der Waals surface area (Å²) in [5, 5.41) is 1.16. The number of halogens is 1. The van der Waals surface area contributed by atoms with Crippen LogP contribution in [0.2, 0.25) is 5.02 Å². The fraction of sp³-hybridized carbons (Fsp3) is 0.143. The van der Waals surface area contributed by atoms with Crippen LogP contribution in [-0.4, -0.2) is 10.9 Å². The third kappa shape index (κ3) is 3.61. The maximum atomic E-state index is 13.2. The number of rotatable bonds is 4. The number of nitrogens with zero attached hydrogens (tertiary/aromatic N) is 2. The van der Waals surface area contributed by atoms with Gasteiger partial charge >= 0.3 is 0 Å². The van der Waals surface area contributed by atoms with E-state index in [1.165, 1.54) is 11.3 Å². The molecule has 0 saturated heterocycles. The molecule has 0 unspecified atom stereocenters. The number of furan rings is 1. The van der Waals surface area contributed by atoms with Gasteiger partial charge in [-0.15, -0.1) is 0 Å². The zero-order valence-electron chi connectivity index (χ0n) is 14.9. The van der Waals surface area contributed by atoms with Crippen molar-refractivity contribution in [2.75, 3.05) is 4.90 Å². The van der Waals surface area contributed by atoms with Gasteiger partial charge in [-0.05, 0) is 61.4 Å². The molecule has 0 radical (unpaired) electrons. The first kappa shape index (κ1) is 17.8. The summed E-state index contributed by atoms with van der Waals surface area (Å²) in [4.78, 5) is 19.6. The van der Waals surface area contributed by atoms with Gasteiger partial charge in [0.2, 0.25) is 0 Å². The van der Waals surface area contributed by atoms with Crippen LogP contribution >= 0.6 is 22.9 Å². The molecule has 0 spiro atoms. The molecule has 4 nitrogen and oxygen atoms in total. The SMILES string of the molecule is Cc1cc(C)c2sc(N(Cc3ccco3)C(=O)c3cccc(Cl)c3)nc2c1. The van der Waals surface area contributed by atoms with E-state index in [9.17, 15) is 4.79 Å². The van der Waals surface area contributed by atoms with Gasteiger partial charge in [0, 0.05) is 10.6 Å². The third-order valence-electron chi connectivity index (χ3n) is 4.25. The molecular weight excluding hydrogens is 380 g/mol. The quantitative estimate of drug-likeness (QED) is 0.424. The molecule has 0 atom stereocenters. The highest BCUT2D eigenvalue weighted by Crippen LogP contribution is 2.33. The molecule has 4 rings (SSSR count). The largest absolute Gasteiger partial charge is 0.467 e. The van der Waals surface area contributed by atoms with E-state index in [1.807, 2.05) is 25.1 Å². The first-order valence-corrected chi connectivity index (χ1v) is 9.68. The van der Waals surface area contributed by atoms with Crippen molar-refractivity contribution in [2.45, 2.75) is 20.4 Å². The molecule has 0 bridgehead atoms. The molecule has 2 heterocycles. The highest BCUT2D eigenvalue weighted by Gasteiger charge is 2.23. The van der Waals surface area contributed by atoms with Crippen LogP contribution in [-0.2, 0) is 6.54 Å². The number of hydrogen-bond acceptors (Lipinski definition) is 4. The summed E-state index contributed by atoms with van der Waals surface area (Å²) >= 11 is 7.59. The molecule has 0 aliphatic carbocycles. The molecule has 6 heteroatoms. The van der Waals surface area contributed by atoms with Crippen molar-refractivity contribution in [3.05, 3.63) is 82.3 Å². The van der Waals surface area contributed by atoms with Gasteiger partial charge in [-0.2, -0.15) is 0 Å². The Morgan fingerprint density at radius 3 is 2.78 bits per heavy atom. The summed E-state index contributed by atoms with van der Waals surface area (Å²) in [6.07, 6.45) is 1.60. The van der Waals surface area contributed by atoms with Crippen LogP contribution in [0.5, 0.6) is 0 Å². The van der Waals surface area contributed by atoms with E-state index >= 15 is 0 Å². The highest BCUT2D eigenvalue weighted by molar-refractivity contribution is 7.22. The topological polar surface area (TPSA) is 46.3 Å². The van der Waals surface area contributed by atoms with E-state index in [2.05, 4.69) is 13.0 Å². The normalized spacial score (nSPS) is 11.1. The van der Waals surface area contributed by atoms with E-state index in [0.29, 0.717) is 28.0 Å². The van der Waals surface area contributed by atoms with Gasteiger partial charge in [-0.25, -0.2) is 4.98 Å². The number of carbonyl (C=O) groups is 1. The lowest BCUT2D eigenvalue weighted by atomic mass is 10.1. The minimum atomic E-state index is -0.165. The van der Waals surface area contributed by atoms with Crippen molar-refractivity contribution in [1.29, 1.82) is 0 Å². The van der Waals surface area contributed by atoms with Gasteiger partial charge in [0.15, 0.2) is 5.13 Å². The summed E-state index contributed by atoms with van der Waals surface area (Å²) in [5.74, 6) is 0.528. The molecule has 2 aromatic carbocycles. The summed E-state index contributed by atoms with van der Waals surface area (Å²) in [5.41, 5.74) is 3.72. The number of benzene rings is 2. The van der Waals surface area contributed by atoms with E-state index in [0.717, 1.165) is 21.3 Å². The van der Waals surface area contributed by atoms with Crippen molar-refractivity contribution in [3.63, 3.8) is 0 Å². The van der Waals surface area contributed by atoms with Crippen LogP contribution in [0.15, 0.2) is 59.2 Å². The maximum Gasteiger partial charge on any atom is 0.260 e. The third-order valence-corrected chi connectivity index (χ3v) is 5.72. The number of anilines is 1. The van der Waals surface area contributed by atoms with Gasteiger partial charge in [-0.3, -0.25) is 9.69 Å². The molecule has 136 valence electrons. The zero-order chi connectivity index (χ0) is 19.0. The Hall–Kier alpha value is -2.63. The Morgan fingerprint density at radius 1 is 1.19 bits per heavy atom. The lowest BCUT2D eigenvalue weighted by Gasteiger charge is -2.18. The second kappa shape index (κ2) is 7.18. The van der Waals surface area contributed by atoms with Crippen molar-refractivity contribution in [2.24, 2.45) is 0 Å². The predicted molar refractivity (Wildman–Crippen MR) is 110 cm³/mol. The molecule has 0 N–H and O–H groups in total. The first-order chi connectivity index (χ1) is 13.0. The number of carbonyl (C=O) groups excluding carboxylic acids is 1. The van der Waals surface area contributed by atoms with Gasteiger partial charge in [0.1, 0.15) is 5.76 Å². The monoisotopic (exact) mass is 396 g/mol. The number of thiazole rings is 1. The van der Waals surface area contributed by atoms with Gasteiger partial charge in [0.25, 0.3) is 5.91 Å². The number of hydrogen-bond donors (Lipinski definition) is 0. The zero-order valence-corrected chi connectivity index (χ0v) is 16.5. The molecule has 0 aliphatic rings. The Labute approximate surface area is 166 Å². The molecule has 0 fully saturated rings. The number of fused-ring (bicyclic) bond motifs is 1. The van der Waals surface area contributed by atoms with Gasteiger partial charge in [0.05, 0.1) is 23.0 Å². The minimum absolute atomic E-state index is 0.165. The van der Waals surface area contributed by atoms with Crippen molar-refractivity contribution in [1.82, 2.24) is 4.98 Å². The molecule has 2 aromatic heterocycles. The molecule has 27 heavy (non-hydrogen) atoms. The summed E-state index contributed by atoms with van der Waals surface area (Å²) < 4.78 is 6.55. The summed E-state index contributed by atoms with van der Waals surface area (Å²) in [6.45, 7) is 4.41. The number of amides is 1. The second-order valence-electron chi connectivity index (χ2n) is 6.41. The summed E-state index contributed by atoms with van der Waals surface area (Å²) in [6, 6.07) is 14.8. The fourth-order valence-corrected chi connectivity index (χ4v) is 4.25. The smallest absolute Gasteiger partial charge is 0.260 e. The Morgan fingerprint density at radius 2 is 2.04 bits per heavy atom. The van der Waals surface area contributed by atoms with Crippen molar-refractivity contribution < 1.29 is 9.21 Å². The van der Waals surface area contributed by atoms with Crippen molar-refractivity contribution in [3.8, 4) is 0 Å². The Balaban J connectivity index is 1.80. The van der Waals surface area contributed by atoms with Crippen LogP contribution in [0, 0.1) is 13.8 Å². The molecule has 0 aliphatic heterocycles. The van der Waals surface area contributed by atoms with Crippen molar-refractivity contribution >= 4 is 44.2 Å². The van der Waals surface area contributed by atoms with E-state index in [1.54, 1.807) is 35.4 Å². The van der Waals surface area contributed by atoms with Crippen LogP contribution < -0.4 is 4.90 Å². The molecule has 0 saturated carbocycles. The standard InChI is InChI=1S/C21H17ClN2O2S/c1-13-9-14(2)19-18(10-13)23-21(27-19)24(12-17-7-4-8-26-17)20(25)15-5-3-6-16(22)11-15/h3-11H,12H2,1-2H3. The van der Waals surface area contributed by atoms with Crippen LogP contribution in [0.1, 0.15) is 27.2 Å². The lowest BCUT2D eigenvalue weighted by Crippen LogP contribution is -2.30. The van der Waals surface area contributed by atoms with Gasteiger partial charge in [-0.1, -0.05) is 35.1 Å². The average molecular weight is 397 g/mol. The van der Waals surface area contributed by atoms with Gasteiger partial charge < -0.3 is 4.42 Å². The van der Waals surface area contributed by atoms with Crippen LogP contribution in [0.4, 0.5) is 5.13 Å². The van der Waals surface area contributed by atoms with E-state index in [-0.39, 0.29) is 5.91 Å². The fourth-order valence-electron chi connectivity index (χ4n) is 3.04. The second-order valence-corrected chi connectivity index (χ2v) is 7.82. The molecular formula is C21H17ClN2O2S. The summed E-state index contributed by atoms with van der Waals surface area (Å²) in [7, 11) is 0. The first-order valence-electron chi connectivity index (χ1n) is 8.49. The van der Waals surface area contributed by atoms with Crippen LogP contribution in [0.25, 0.3) is 10.2 Å².